The average Bonchev–Trinajstić information content (AvgIpc) is 2.71. The summed E-state index contributed by atoms with van der Waals surface area (Å²) in [7, 11) is -2.01. The van der Waals surface area contributed by atoms with E-state index >= 15 is 0 Å². The molecule has 0 saturated carbocycles. The molecule has 1 heterocycles. The first-order chi connectivity index (χ1) is 14.1. The summed E-state index contributed by atoms with van der Waals surface area (Å²) >= 11 is 0.681. The summed E-state index contributed by atoms with van der Waals surface area (Å²) in [6.07, 6.45) is -5.98. The summed E-state index contributed by atoms with van der Waals surface area (Å²) < 4.78 is 50.4. The summed E-state index contributed by atoms with van der Waals surface area (Å²) in [4.78, 5) is 0. The van der Waals surface area contributed by atoms with Crippen LogP contribution in [0.4, 0.5) is 0 Å². The fourth-order valence-corrected chi connectivity index (χ4v) is 3.98. The Hall–Kier alpha value is -1.65. The third kappa shape index (κ3) is 6.42. The van der Waals surface area contributed by atoms with Gasteiger partial charge in [-0.2, -0.15) is 8.42 Å². The molecule has 14 heteroatoms. The van der Waals surface area contributed by atoms with E-state index in [1.807, 2.05) is 0 Å². The molecule has 1 saturated heterocycles. The molecule has 0 aromatic heterocycles. The lowest BCUT2D eigenvalue weighted by Gasteiger charge is -2.39. The Balaban J connectivity index is 2.27. The number of oxime groups is 1. The Morgan fingerprint density at radius 3 is 2.37 bits per heavy atom. The van der Waals surface area contributed by atoms with E-state index in [1.165, 1.54) is 14.2 Å². The van der Waals surface area contributed by atoms with Crippen LogP contribution in [0.2, 0.25) is 0 Å². The van der Waals surface area contributed by atoms with Crippen LogP contribution in [0.25, 0.3) is 0 Å². The summed E-state index contributed by atoms with van der Waals surface area (Å²) in [5.74, 6) is 0.846. The van der Waals surface area contributed by atoms with Gasteiger partial charge in [-0.3, -0.25) is 4.55 Å². The number of aliphatic hydroxyl groups is 4. The van der Waals surface area contributed by atoms with E-state index in [9.17, 15) is 28.8 Å². The SMILES string of the molecule is COc1ccc(C/C(=N\OS(=O)(=O)O)S[C@@H]2O[C@H](CO)[C@@H](O)[C@H](O)[C@H]2O)cc1OC. The van der Waals surface area contributed by atoms with Gasteiger partial charge in [-0.15, -0.1) is 0 Å². The lowest BCUT2D eigenvalue weighted by atomic mass is 10.0. The Morgan fingerprint density at radius 2 is 1.80 bits per heavy atom. The number of thioether (sulfide) groups is 1. The zero-order chi connectivity index (χ0) is 22.5. The number of benzene rings is 1. The Kier molecular flexibility index (Phi) is 8.69. The zero-order valence-corrected chi connectivity index (χ0v) is 17.6. The van der Waals surface area contributed by atoms with Crippen molar-refractivity contribution in [2.45, 2.75) is 36.3 Å². The second kappa shape index (κ2) is 10.6. The number of nitrogens with zero attached hydrogens (tertiary/aromatic N) is 1. The van der Waals surface area contributed by atoms with Crippen molar-refractivity contribution in [2.75, 3.05) is 20.8 Å². The Bertz CT molecular complexity index is 846. The number of hydrogen-bond acceptors (Lipinski definition) is 12. The van der Waals surface area contributed by atoms with Gasteiger partial charge in [-0.05, 0) is 17.7 Å². The van der Waals surface area contributed by atoms with Crippen molar-refractivity contribution in [3.05, 3.63) is 23.8 Å². The molecule has 1 fully saturated rings. The summed E-state index contributed by atoms with van der Waals surface area (Å²) in [5.41, 5.74) is -0.660. The van der Waals surface area contributed by atoms with Crippen molar-refractivity contribution >= 4 is 27.2 Å². The maximum Gasteiger partial charge on any atom is 0.466 e. The van der Waals surface area contributed by atoms with Gasteiger partial charge in [0.05, 0.1) is 20.8 Å². The Labute approximate surface area is 177 Å². The highest BCUT2D eigenvalue weighted by Gasteiger charge is 2.44. The number of methoxy groups -OCH3 is 2. The molecule has 0 amide bonds. The molecule has 0 bridgehead atoms. The molecule has 30 heavy (non-hydrogen) atoms. The van der Waals surface area contributed by atoms with Crippen LogP contribution in [-0.2, 0) is 25.8 Å². The van der Waals surface area contributed by atoms with Gasteiger partial charge in [0.2, 0.25) is 0 Å². The fraction of sp³-hybridized carbons (Fsp3) is 0.562. The standard InChI is InChI=1S/C16H23NO11S2/c1-25-9-4-3-8(5-10(9)26-2)6-12(17-28-30(22,23)24)29-16-15(21)14(20)13(19)11(7-18)27-16/h3-5,11,13-16,18-21H,6-7H2,1-2H3,(H,22,23,24)/b17-12+/t11-,13-,14+,15-,16+/m1/s1. The van der Waals surface area contributed by atoms with Crippen LogP contribution < -0.4 is 9.47 Å². The first-order valence-corrected chi connectivity index (χ1v) is 10.7. The monoisotopic (exact) mass is 469 g/mol. The van der Waals surface area contributed by atoms with Gasteiger partial charge in [0, 0.05) is 6.42 Å². The Morgan fingerprint density at radius 1 is 1.13 bits per heavy atom. The van der Waals surface area contributed by atoms with E-state index in [4.69, 9.17) is 18.8 Å². The smallest absolute Gasteiger partial charge is 0.466 e. The number of rotatable bonds is 8. The third-order valence-corrected chi connectivity index (χ3v) is 5.51. The molecule has 1 aliphatic rings. The molecule has 12 nitrogen and oxygen atoms in total. The predicted octanol–water partition coefficient (Wildman–Crippen LogP) is -1.09. The summed E-state index contributed by atoms with van der Waals surface area (Å²) in [5, 5.41) is 42.6. The van der Waals surface area contributed by atoms with E-state index in [1.54, 1.807) is 18.2 Å². The minimum atomic E-state index is -4.90. The molecule has 0 unspecified atom stereocenters. The lowest BCUT2D eigenvalue weighted by molar-refractivity contribution is -0.205. The van der Waals surface area contributed by atoms with Gasteiger partial charge < -0.3 is 34.6 Å². The first-order valence-electron chi connectivity index (χ1n) is 8.50. The van der Waals surface area contributed by atoms with E-state index in [0.29, 0.717) is 28.8 Å². The van der Waals surface area contributed by atoms with Crippen molar-refractivity contribution in [3.63, 3.8) is 0 Å². The fourth-order valence-electron chi connectivity index (χ4n) is 2.65. The minimum absolute atomic E-state index is 0.0461. The molecule has 5 N–H and O–H groups in total. The molecule has 2 rings (SSSR count). The second-order valence-corrected chi connectivity index (χ2v) is 8.34. The zero-order valence-electron chi connectivity index (χ0n) is 16.0. The van der Waals surface area contributed by atoms with Crippen LogP contribution in [-0.4, -0.2) is 89.1 Å². The van der Waals surface area contributed by atoms with Gasteiger partial charge in [-0.25, -0.2) is 4.28 Å². The van der Waals surface area contributed by atoms with E-state index in [0.717, 1.165) is 0 Å². The van der Waals surface area contributed by atoms with Crippen molar-refractivity contribution < 1.29 is 51.9 Å². The highest BCUT2D eigenvalue weighted by atomic mass is 32.3. The van der Waals surface area contributed by atoms with Crippen molar-refractivity contribution in [3.8, 4) is 11.5 Å². The molecule has 1 aromatic carbocycles. The van der Waals surface area contributed by atoms with Crippen LogP contribution in [0.5, 0.6) is 11.5 Å². The largest absolute Gasteiger partial charge is 0.493 e. The van der Waals surface area contributed by atoms with E-state index < -0.39 is 46.9 Å². The van der Waals surface area contributed by atoms with Gasteiger partial charge in [0.25, 0.3) is 0 Å². The van der Waals surface area contributed by atoms with Crippen molar-refractivity contribution in [1.29, 1.82) is 0 Å². The molecule has 1 aliphatic heterocycles. The minimum Gasteiger partial charge on any atom is -0.493 e. The molecular weight excluding hydrogens is 446 g/mol. The molecule has 170 valence electrons. The summed E-state index contributed by atoms with van der Waals surface area (Å²) in [6, 6.07) is 4.84. The highest BCUT2D eigenvalue weighted by molar-refractivity contribution is 8.14. The van der Waals surface area contributed by atoms with E-state index in [2.05, 4.69) is 9.44 Å². The van der Waals surface area contributed by atoms with Gasteiger partial charge in [-0.1, -0.05) is 23.0 Å². The van der Waals surface area contributed by atoms with Crippen LogP contribution >= 0.6 is 11.8 Å². The van der Waals surface area contributed by atoms with Gasteiger partial charge in [0.1, 0.15) is 34.9 Å². The third-order valence-electron chi connectivity index (χ3n) is 4.14. The topological polar surface area (TPSA) is 185 Å². The molecular formula is C16H23NO11S2. The lowest BCUT2D eigenvalue weighted by Crippen LogP contribution is -2.57. The highest BCUT2D eigenvalue weighted by Crippen LogP contribution is 2.32. The van der Waals surface area contributed by atoms with Crippen LogP contribution in [0, 0.1) is 0 Å². The van der Waals surface area contributed by atoms with Gasteiger partial charge in [0.15, 0.2) is 11.5 Å². The van der Waals surface area contributed by atoms with Crippen LogP contribution in [0.3, 0.4) is 0 Å². The first kappa shape index (κ1) is 24.6. The van der Waals surface area contributed by atoms with Crippen LogP contribution in [0.15, 0.2) is 23.4 Å². The number of hydrogen-bond donors (Lipinski definition) is 5. The summed E-state index contributed by atoms with van der Waals surface area (Å²) in [6.45, 7) is -0.633. The van der Waals surface area contributed by atoms with E-state index in [-0.39, 0.29) is 11.5 Å². The average molecular weight is 469 g/mol. The number of ether oxygens (including phenoxy) is 3. The molecule has 0 aliphatic carbocycles. The van der Waals surface area contributed by atoms with Crippen LogP contribution in [0.1, 0.15) is 5.56 Å². The van der Waals surface area contributed by atoms with Gasteiger partial charge >= 0.3 is 10.4 Å². The molecule has 1 aromatic rings. The molecule has 0 spiro atoms. The molecule has 5 atom stereocenters. The normalized spacial score (nSPS) is 27.6. The predicted molar refractivity (Wildman–Crippen MR) is 105 cm³/mol. The maximum atomic E-state index is 10.9. The van der Waals surface area contributed by atoms with Crippen molar-refractivity contribution in [2.24, 2.45) is 5.16 Å². The quantitative estimate of drug-likeness (QED) is 0.134. The maximum absolute atomic E-state index is 10.9. The number of aliphatic hydroxyl groups excluding tert-OH is 4. The van der Waals surface area contributed by atoms with Crippen molar-refractivity contribution in [1.82, 2.24) is 0 Å². The molecule has 0 radical (unpaired) electrons. The second-order valence-electron chi connectivity index (χ2n) is 6.17.